The lowest BCUT2D eigenvalue weighted by atomic mass is 9.97. The van der Waals surface area contributed by atoms with Crippen molar-refractivity contribution in [1.29, 1.82) is 0 Å². The van der Waals surface area contributed by atoms with Gasteiger partial charge < -0.3 is 10.1 Å². The Kier molecular flexibility index (Phi) is 9.10. The van der Waals surface area contributed by atoms with Crippen LogP contribution in [0.4, 0.5) is 0 Å². The number of nitrogens with one attached hydrogen (secondary N) is 1. The second kappa shape index (κ2) is 9.16. The lowest BCUT2D eigenvalue weighted by Crippen LogP contribution is -2.32. The molecular weight excluding hydrogens is 258 g/mol. The Labute approximate surface area is 101 Å². The van der Waals surface area contributed by atoms with Gasteiger partial charge in [0.2, 0.25) is 5.91 Å². The molecule has 3 nitrogen and oxygen atoms in total. The summed E-state index contributed by atoms with van der Waals surface area (Å²) in [5.74, 6) is 0.633. The fraction of sp³-hybridized carbons (Fsp3) is 0.909. The number of ether oxygens (including phenoxy) is 1. The van der Waals surface area contributed by atoms with Crippen LogP contribution >= 0.6 is 15.9 Å². The SMILES string of the molecule is CC(C)C(C)C(=O)NCCCOCCBr. The Morgan fingerprint density at radius 3 is 2.53 bits per heavy atom. The average molecular weight is 280 g/mol. The first-order valence-electron chi connectivity index (χ1n) is 5.51. The minimum Gasteiger partial charge on any atom is -0.381 e. The zero-order valence-electron chi connectivity index (χ0n) is 9.88. The molecule has 1 atom stereocenters. The summed E-state index contributed by atoms with van der Waals surface area (Å²) in [5.41, 5.74) is 0. The van der Waals surface area contributed by atoms with E-state index in [0.717, 1.165) is 18.4 Å². The number of hydrogen-bond acceptors (Lipinski definition) is 2. The number of amides is 1. The maximum atomic E-state index is 11.5. The molecule has 0 saturated carbocycles. The molecule has 0 saturated heterocycles. The molecule has 0 aliphatic heterocycles. The Hall–Kier alpha value is -0.0900. The molecule has 90 valence electrons. The van der Waals surface area contributed by atoms with Crippen molar-refractivity contribution in [2.24, 2.45) is 11.8 Å². The molecule has 0 aliphatic rings. The van der Waals surface area contributed by atoms with E-state index in [2.05, 4.69) is 35.1 Å². The van der Waals surface area contributed by atoms with Crippen molar-refractivity contribution in [3.05, 3.63) is 0 Å². The van der Waals surface area contributed by atoms with Crippen molar-refractivity contribution in [3.63, 3.8) is 0 Å². The summed E-state index contributed by atoms with van der Waals surface area (Å²) >= 11 is 3.28. The first-order valence-corrected chi connectivity index (χ1v) is 6.63. The fourth-order valence-corrected chi connectivity index (χ4v) is 1.24. The summed E-state index contributed by atoms with van der Waals surface area (Å²) in [7, 11) is 0. The van der Waals surface area contributed by atoms with Crippen molar-refractivity contribution >= 4 is 21.8 Å². The Morgan fingerprint density at radius 1 is 1.33 bits per heavy atom. The molecule has 0 aliphatic carbocycles. The molecular formula is C11H22BrNO2. The largest absolute Gasteiger partial charge is 0.381 e. The van der Waals surface area contributed by atoms with Gasteiger partial charge in [-0.2, -0.15) is 0 Å². The first kappa shape index (κ1) is 14.9. The van der Waals surface area contributed by atoms with Gasteiger partial charge >= 0.3 is 0 Å². The normalized spacial score (nSPS) is 12.9. The van der Waals surface area contributed by atoms with Crippen LogP contribution in [-0.2, 0) is 9.53 Å². The van der Waals surface area contributed by atoms with Gasteiger partial charge in [-0.15, -0.1) is 0 Å². The topological polar surface area (TPSA) is 38.3 Å². The van der Waals surface area contributed by atoms with Gasteiger partial charge in [0.25, 0.3) is 0 Å². The maximum Gasteiger partial charge on any atom is 0.223 e. The van der Waals surface area contributed by atoms with Crippen LogP contribution in [0.3, 0.4) is 0 Å². The van der Waals surface area contributed by atoms with E-state index >= 15 is 0 Å². The summed E-state index contributed by atoms with van der Waals surface area (Å²) in [6, 6.07) is 0. The van der Waals surface area contributed by atoms with Crippen LogP contribution in [0, 0.1) is 11.8 Å². The molecule has 0 aromatic rings. The monoisotopic (exact) mass is 279 g/mol. The molecule has 4 heteroatoms. The van der Waals surface area contributed by atoms with Crippen LogP contribution < -0.4 is 5.32 Å². The highest BCUT2D eigenvalue weighted by atomic mass is 79.9. The molecule has 0 bridgehead atoms. The van der Waals surface area contributed by atoms with Gasteiger partial charge in [0, 0.05) is 24.4 Å². The maximum absolute atomic E-state index is 11.5. The number of hydrogen-bond donors (Lipinski definition) is 1. The van der Waals surface area contributed by atoms with Gasteiger partial charge in [-0.1, -0.05) is 36.7 Å². The average Bonchev–Trinajstić information content (AvgIpc) is 2.21. The minimum absolute atomic E-state index is 0.0912. The van der Waals surface area contributed by atoms with E-state index in [1.807, 2.05) is 6.92 Å². The number of carbonyl (C=O) groups is 1. The van der Waals surface area contributed by atoms with Crippen molar-refractivity contribution < 1.29 is 9.53 Å². The lowest BCUT2D eigenvalue weighted by molar-refractivity contribution is -0.125. The summed E-state index contributed by atoms with van der Waals surface area (Å²) in [6.07, 6.45) is 0.879. The summed E-state index contributed by atoms with van der Waals surface area (Å²) in [6.45, 7) is 8.23. The van der Waals surface area contributed by atoms with E-state index in [9.17, 15) is 4.79 Å². The molecule has 1 N–H and O–H groups in total. The third-order valence-electron chi connectivity index (χ3n) is 2.40. The van der Waals surface area contributed by atoms with Gasteiger partial charge in [0.1, 0.15) is 0 Å². The van der Waals surface area contributed by atoms with Gasteiger partial charge in [0.05, 0.1) is 6.61 Å². The van der Waals surface area contributed by atoms with Gasteiger partial charge in [-0.25, -0.2) is 0 Å². The number of halogens is 1. The number of alkyl halides is 1. The second-order valence-corrected chi connectivity index (χ2v) is 4.77. The van der Waals surface area contributed by atoms with Crippen LogP contribution in [0.15, 0.2) is 0 Å². The molecule has 0 fully saturated rings. The number of rotatable bonds is 8. The second-order valence-electron chi connectivity index (χ2n) is 3.98. The van der Waals surface area contributed by atoms with Crippen molar-refractivity contribution in [1.82, 2.24) is 5.32 Å². The number of carbonyl (C=O) groups excluding carboxylic acids is 1. The highest BCUT2D eigenvalue weighted by Crippen LogP contribution is 2.08. The van der Waals surface area contributed by atoms with Crippen molar-refractivity contribution in [2.45, 2.75) is 27.2 Å². The first-order chi connectivity index (χ1) is 7.09. The van der Waals surface area contributed by atoms with E-state index in [4.69, 9.17) is 4.74 Å². The van der Waals surface area contributed by atoms with E-state index in [1.54, 1.807) is 0 Å². The summed E-state index contributed by atoms with van der Waals surface area (Å²) in [5, 5.41) is 3.77. The molecule has 0 aromatic heterocycles. The minimum atomic E-state index is 0.0912. The van der Waals surface area contributed by atoms with Crippen LogP contribution in [0.25, 0.3) is 0 Å². The summed E-state index contributed by atoms with van der Waals surface area (Å²) in [4.78, 5) is 11.5. The molecule has 1 amide bonds. The lowest BCUT2D eigenvalue weighted by Gasteiger charge is -2.15. The molecule has 0 spiro atoms. The summed E-state index contributed by atoms with van der Waals surface area (Å²) < 4.78 is 5.27. The quantitative estimate of drug-likeness (QED) is 0.547. The molecule has 15 heavy (non-hydrogen) atoms. The van der Waals surface area contributed by atoms with Crippen LogP contribution in [0.2, 0.25) is 0 Å². The van der Waals surface area contributed by atoms with Gasteiger partial charge in [0.15, 0.2) is 0 Å². The molecule has 0 heterocycles. The third-order valence-corrected chi connectivity index (χ3v) is 2.72. The zero-order chi connectivity index (χ0) is 11.7. The molecule has 0 aromatic carbocycles. The van der Waals surface area contributed by atoms with Crippen molar-refractivity contribution in [3.8, 4) is 0 Å². The van der Waals surface area contributed by atoms with E-state index in [1.165, 1.54) is 0 Å². The van der Waals surface area contributed by atoms with E-state index in [0.29, 0.717) is 19.1 Å². The standard InChI is InChI=1S/C11H22BrNO2/c1-9(2)10(3)11(14)13-6-4-7-15-8-5-12/h9-10H,4-8H2,1-3H3,(H,13,14). The van der Waals surface area contributed by atoms with Gasteiger partial charge in [-0.3, -0.25) is 4.79 Å². The smallest absolute Gasteiger partial charge is 0.223 e. The van der Waals surface area contributed by atoms with E-state index in [-0.39, 0.29) is 11.8 Å². The highest BCUT2D eigenvalue weighted by Gasteiger charge is 2.15. The fourth-order valence-electron chi connectivity index (χ4n) is 1.01. The Balaban J connectivity index is 3.39. The van der Waals surface area contributed by atoms with Crippen LogP contribution in [0.5, 0.6) is 0 Å². The highest BCUT2D eigenvalue weighted by molar-refractivity contribution is 9.09. The molecule has 1 unspecified atom stereocenters. The van der Waals surface area contributed by atoms with Crippen LogP contribution in [0.1, 0.15) is 27.2 Å². The van der Waals surface area contributed by atoms with Crippen molar-refractivity contribution in [2.75, 3.05) is 25.1 Å². The Morgan fingerprint density at radius 2 is 2.00 bits per heavy atom. The van der Waals surface area contributed by atoms with E-state index < -0.39 is 0 Å². The molecule has 0 rings (SSSR count). The zero-order valence-corrected chi connectivity index (χ0v) is 11.5. The van der Waals surface area contributed by atoms with Gasteiger partial charge in [-0.05, 0) is 12.3 Å². The Bertz CT molecular complexity index is 174. The molecule has 0 radical (unpaired) electrons. The van der Waals surface area contributed by atoms with Crippen LogP contribution in [-0.4, -0.2) is 31.0 Å². The third kappa shape index (κ3) is 7.79. The predicted molar refractivity (Wildman–Crippen MR) is 66.2 cm³/mol. The predicted octanol–water partition coefficient (Wildman–Crippen LogP) is 2.20.